The lowest BCUT2D eigenvalue weighted by molar-refractivity contribution is -0.136. The minimum Gasteiger partial charge on any atom is -0.387 e. The van der Waals surface area contributed by atoms with E-state index in [2.05, 4.69) is 10.6 Å². The smallest absolute Gasteiger partial charge is 0.313 e. The zero-order valence-corrected chi connectivity index (χ0v) is 14.8. The van der Waals surface area contributed by atoms with Gasteiger partial charge in [-0.3, -0.25) is 9.59 Å². The highest BCUT2D eigenvalue weighted by Gasteiger charge is 2.17. The number of benzene rings is 3. The van der Waals surface area contributed by atoms with Gasteiger partial charge >= 0.3 is 11.8 Å². The maximum absolute atomic E-state index is 13.1. The molecular weight excluding hydrogens is 371 g/mol. The molecule has 0 fully saturated rings. The van der Waals surface area contributed by atoms with E-state index in [1.54, 1.807) is 6.07 Å². The van der Waals surface area contributed by atoms with Crippen LogP contribution in [-0.4, -0.2) is 23.5 Å². The third-order valence-electron chi connectivity index (χ3n) is 4.02. The summed E-state index contributed by atoms with van der Waals surface area (Å²) in [6.45, 7) is -0.134. The fourth-order valence-electron chi connectivity index (χ4n) is 2.68. The van der Waals surface area contributed by atoms with E-state index >= 15 is 0 Å². The summed E-state index contributed by atoms with van der Waals surface area (Å²) in [6.07, 6.45) is -0.979. The number of hydrogen-bond donors (Lipinski definition) is 3. The van der Waals surface area contributed by atoms with Gasteiger partial charge in [0.05, 0.1) is 11.1 Å². The molecule has 3 aromatic carbocycles. The van der Waals surface area contributed by atoms with E-state index < -0.39 is 23.7 Å². The average molecular weight is 387 g/mol. The first-order valence-electron chi connectivity index (χ1n) is 8.15. The Morgan fingerprint density at radius 1 is 1.04 bits per heavy atom. The summed E-state index contributed by atoms with van der Waals surface area (Å²) in [4.78, 5) is 23.9. The van der Waals surface area contributed by atoms with Crippen LogP contribution < -0.4 is 10.6 Å². The van der Waals surface area contributed by atoms with Crippen molar-refractivity contribution in [1.29, 1.82) is 0 Å². The summed E-state index contributed by atoms with van der Waals surface area (Å²) >= 11 is 5.64. The Labute approximate surface area is 159 Å². The molecule has 3 N–H and O–H groups in total. The van der Waals surface area contributed by atoms with Crippen LogP contribution in [0.15, 0.2) is 60.7 Å². The molecule has 0 radical (unpaired) electrons. The Kier molecular flexibility index (Phi) is 5.69. The molecule has 0 heterocycles. The second kappa shape index (κ2) is 8.16. The summed E-state index contributed by atoms with van der Waals surface area (Å²) in [5, 5.41) is 16.8. The second-order valence-electron chi connectivity index (χ2n) is 5.88. The van der Waals surface area contributed by atoms with Crippen molar-refractivity contribution >= 4 is 39.9 Å². The lowest BCUT2D eigenvalue weighted by Crippen LogP contribution is -2.37. The zero-order valence-electron chi connectivity index (χ0n) is 14.1. The number of aliphatic hydroxyl groups excluding tert-OH is 1. The zero-order chi connectivity index (χ0) is 19.4. The topological polar surface area (TPSA) is 78.4 Å². The average Bonchev–Trinajstić information content (AvgIpc) is 2.68. The van der Waals surface area contributed by atoms with E-state index in [1.807, 2.05) is 36.4 Å². The van der Waals surface area contributed by atoms with Gasteiger partial charge in [-0.25, -0.2) is 4.39 Å². The molecule has 0 aliphatic carbocycles. The van der Waals surface area contributed by atoms with Crippen LogP contribution in [0.5, 0.6) is 0 Å². The van der Waals surface area contributed by atoms with Crippen LogP contribution in [0.3, 0.4) is 0 Å². The summed E-state index contributed by atoms with van der Waals surface area (Å²) in [5.41, 5.74) is 0.843. The largest absolute Gasteiger partial charge is 0.387 e. The maximum Gasteiger partial charge on any atom is 0.313 e. The molecule has 0 aliphatic rings. The number of carbonyl (C=O) groups excluding carboxylic acids is 2. The van der Waals surface area contributed by atoms with Gasteiger partial charge in [0.15, 0.2) is 0 Å². The molecule has 0 aromatic heterocycles. The van der Waals surface area contributed by atoms with Gasteiger partial charge in [0.25, 0.3) is 0 Å². The number of rotatable bonds is 4. The predicted octanol–water partition coefficient (Wildman–Crippen LogP) is 3.42. The molecule has 138 valence electrons. The van der Waals surface area contributed by atoms with Crippen molar-refractivity contribution in [3.8, 4) is 0 Å². The summed E-state index contributed by atoms with van der Waals surface area (Å²) < 4.78 is 13.1. The van der Waals surface area contributed by atoms with Gasteiger partial charge in [-0.05, 0) is 34.5 Å². The molecule has 3 aromatic rings. The van der Waals surface area contributed by atoms with Crippen LogP contribution in [0.2, 0.25) is 5.02 Å². The first kappa shape index (κ1) is 18.8. The Morgan fingerprint density at radius 2 is 1.78 bits per heavy atom. The fraction of sp³-hybridized carbons (Fsp3) is 0.100. The van der Waals surface area contributed by atoms with E-state index in [0.29, 0.717) is 5.56 Å². The van der Waals surface area contributed by atoms with Gasteiger partial charge in [-0.2, -0.15) is 0 Å². The molecule has 7 heteroatoms. The molecule has 0 saturated carbocycles. The third kappa shape index (κ3) is 4.42. The van der Waals surface area contributed by atoms with Crippen LogP contribution in [-0.2, 0) is 9.59 Å². The van der Waals surface area contributed by atoms with Crippen LogP contribution in [0.4, 0.5) is 10.1 Å². The highest BCUT2D eigenvalue weighted by atomic mass is 35.5. The molecule has 5 nitrogen and oxygen atoms in total. The van der Waals surface area contributed by atoms with Crippen LogP contribution in [0.25, 0.3) is 10.8 Å². The minimum absolute atomic E-state index is 0.134. The number of fused-ring (bicyclic) bond motifs is 1. The van der Waals surface area contributed by atoms with Gasteiger partial charge in [0, 0.05) is 12.2 Å². The number of nitrogens with one attached hydrogen (secondary N) is 2. The molecule has 0 aliphatic heterocycles. The molecule has 1 unspecified atom stereocenters. The van der Waals surface area contributed by atoms with Crippen molar-refractivity contribution in [2.75, 3.05) is 11.9 Å². The van der Waals surface area contributed by atoms with Crippen molar-refractivity contribution in [3.05, 3.63) is 77.1 Å². The number of anilines is 1. The lowest BCUT2D eigenvalue weighted by Gasteiger charge is -2.14. The third-order valence-corrected chi connectivity index (χ3v) is 4.31. The van der Waals surface area contributed by atoms with E-state index in [1.165, 1.54) is 12.1 Å². The van der Waals surface area contributed by atoms with Crippen LogP contribution in [0, 0.1) is 5.82 Å². The number of aliphatic hydroxyl groups is 1. The number of halogens is 2. The second-order valence-corrected chi connectivity index (χ2v) is 6.28. The van der Waals surface area contributed by atoms with Crippen LogP contribution >= 0.6 is 11.6 Å². The van der Waals surface area contributed by atoms with E-state index in [-0.39, 0.29) is 17.3 Å². The Balaban J connectivity index is 1.62. The monoisotopic (exact) mass is 386 g/mol. The first-order valence-corrected chi connectivity index (χ1v) is 8.53. The lowest BCUT2D eigenvalue weighted by atomic mass is 10.0. The van der Waals surface area contributed by atoms with Gasteiger partial charge < -0.3 is 15.7 Å². The van der Waals surface area contributed by atoms with Crippen molar-refractivity contribution in [2.24, 2.45) is 0 Å². The quantitative estimate of drug-likeness (QED) is 0.601. The Bertz CT molecular complexity index is 1000. The van der Waals surface area contributed by atoms with E-state index in [9.17, 15) is 19.1 Å². The minimum atomic E-state index is -0.979. The molecule has 1 atom stereocenters. The van der Waals surface area contributed by atoms with Crippen LogP contribution in [0.1, 0.15) is 11.7 Å². The van der Waals surface area contributed by atoms with Gasteiger partial charge in [-0.1, -0.05) is 54.1 Å². The summed E-state index contributed by atoms with van der Waals surface area (Å²) in [6, 6.07) is 16.6. The number of carbonyl (C=O) groups is 2. The normalized spacial score (nSPS) is 11.8. The summed E-state index contributed by atoms with van der Waals surface area (Å²) in [5.74, 6) is -2.49. The number of hydrogen-bond acceptors (Lipinski definition) is 3. The molecular formula is C20H16ClFN2O3. The SMILES string of the molecule is O=C(NCC(O)c1cccc2ccccc12)C(=O)Nc1ccc(F)c(Cl)c1. The molecule has 0 saturated heterocycles. The highest BCUT2D eigenvalue weighted by Crippen LogP contribution is 2.24. The van der Waals surface area contributed by atoms with E-state index in [0.717, 1.165) is 16.8 Å². The van der Waals surface area contributed by atoms with Gasteiger partial charge in [0.1, 0.15) is 5.82 Å². The fourth-order valence-corrected chi connectivity index (χ4v) is 2.86. The van der Waals surface area contributed by atoms with Gasteiger partial charge in [-0.15, -0.1) is 0 Å². The maximum atomic E-state index is 13.1. The predicted molar refractivity (Wildman–Crippen MR) is 102 cm³/mol. The highest BCUT2D eigenvalue weighted by molar-refractivity contribution is 6.39. The first-order chi connectivity index (χ1) is 13.0. The summed E-state index contributed by atoms with van der Waals surface area (Å²) in [7, 11) is 0. The molecule has 2 amide bonds. The molecule has 27 heavy (non-hydrogen) atoms. The molecule has 0 spiro atoms. The standard InChI is InChI=1S/C20H16ClFN2O3/c21-16-10-13(8-9-17(16)22)24-20(27)19(26)23-11-18(25)15-7-3-5-12-4-1-2-6-14(12)15/h1-10,18,25H,11H2,(H,23,26)(H,24,27). The molecule has 3 rings (SSSR count). The Hall–Kier alpha value is -2.96. The van der Waals surface area contributed by atoms with Crippen molar-refractivity contribution < 1.29 is 19.1 Å². The van der Waals surface area contributed by atoms with E-state index in [4.69, 9.17) is 11.6 Å². The Morgan fingerprint density at radius 3 is 2.56 bits per heavy atom. The number of amides is 2. The van der Waals surface area contributed by atoms with Crippen molar-refractivity contribution in [2.45, 2.75) is 6.10 Å². The van der Waals surface area contributed by atoms with Gasteiger partial charge in [0.2, 0.25) is 0 Å². The van der Waals surface area contributed by atoms with Crippen molar-refractivity contribution in [1.82, 2.24) is 5.32 Å². The molecule has 0 bridgehead atoms. The van der Waals surface area contributed by atoms with Crippen molar-refractivity contribution in [3.63, 3.8) is 0 Å².